The Morgan fingerprint density at radius 2 is 1.45 bits per heavy atom. The summed E-state index contributed by atoms with van der Waals surface area (Å²) in [6.45, 7) is 15.0. The van der Waals surface area contributed by atoms with E-state index in [1.807, 2.05) is 0 Å². The molecule has 0 saturated carbocycles. The molecule has 0 fully saturated rings. The van der Waals surface area contributed by atoms with Crippen LogP contribution in [0.15, 0.2) is 12.1 Å². The van der Waals surface area contributed by atoms with Crippen LogP contribution >= 0.6 is 0 Å². The van der Waals surface area contributed by atoms with Crippen LogP contribution in [0.4, 0.5) is 0 Å². The molecule has 0 aliphatic heterocycles. The van der Waals surface area contributed by atoms with Gasteiger partial charge in [-0.1, -0.05) is 53.7 Å². The number of rotatable bonds is 4. The molecule has 0 radical (unpaired) electrons. The number of phenols is 1. The molecule has 1 rings (SSSR count). The minimum atomic E-state index is -0.0754. The van der Waals surface area contributed by atoms with Crippen molar-refractivity contribution < 1.29 is 5.11 Å². The summed E-state index contributed by atoms with van der Waals surface area (Å²) in [4.78, 5) is 0. The van der Waals surface area contributed by atoms with Crippen LogP contribution in [-0.4, -0.2) is 18.2 Å². The Bertz CT molecular complexity index is 418. The first kappa shape index (κ1) is 17.0. The van der Waals surface area contributed by atoms with E-state index in [1.54, 1.807) is 0 Å². The van der Waals surface area contributed by atoms with Crippen LogP contribution in [0.1, 0.15) is 58.2 Å². The highest BCUT2D eigenvalue weighted by Gasteiger charge is 2.26. The third-order valence-corrected chi connectivity index (χ3v) is 3.44. The van der Waals surface area contributed by atoms with Crippen LogP contribution in [-0.2, 0) is 17.4 Å². The van der Waals surface area contributed by atoms with Crippen molar-refractivity contribution >= 4 is 0 Å². The lowest BCUT2D eigenvalue weighted by Gasteiger charge is -2.28. The number of phenolic OH excluding ortho intramolecular Hbond substituents is 1. The van der Waals surface area contributed by atoms with Crippen molar-refractivity contribution in [2.75, 3.05) is 13.1 Å². The molecule has 3 nitrogen and oxygen atoms in total. The van der Waals surface area contributed by atoms with Gasteiger partial charge in [0.1, 0.15) is 5.75 Å². The van der Waals surface area contributed by atoms with E-state index in [-0.39, 0.29) is 10.8 Å². The highest BCUT2D eigenvalue weighted by atomic mass is 16.3. The maximum Gasteiger partial charge on any atom is 0.123 e. The summed E-state index contributed by atoms with van der Waals surface area (Å²) < 4.78 is 0. The van der Waals surface area contributed by atoms with E-state index >= 15 is 0 Å². The molecule has 4 N–H and O–H groups in total. The number of hydrogen-bond donors (Lipinski definition) is 3. The van der Waals surface area contributed by atoms with E-state index in [2.05, 4.69) is 59.0 Å². The predicted molar refractivity (Wildman–Crippen MR) is 86.3 cm³/mol. The van der Waals surface area contributed by atoms with Crippen molar-refractivity contribution in [3.05, 3.63) is 28.8 Å². The molecule has 0 atom stereocenters. The van der Waals surface area contributed by atoms with Crippen molar-refractivity contribution in [1.29, 1.82) is 0 Å². The fourth-order valence-electron chi connectivity index (χ4n) is 2.27. The van der Waals surface area contributed by atoms with Crippen molar-refractivity contribution in [2.24, 2.45) is 5.73 Å². The molecular weight excluding hydrogens is 248 g/mol. The zero-order valence-corrected chi connectivity index (χ0v) is 13.8. The van der Waals surface area contributed by atoms with E-state index in [4.69, 9.17) is 5.73 Å². The lowest BCUT2D eigenvalue weighted by Crippen LogP contribution is -2.23. The molecule has 0 spiro atoms. The van der Waals surface area contributed by atoms with Crippen LogP contribution in [0.5, 0.6) is 5.75 Å². The van der Waals surface area contributed by atoms with Gasteiger partial charge in [-0.05, 0) is 27.5 Å². The van der Waals surface area contributed by atoms with Gasteiger partial charge >= 0.3 is 0 Å². The SMILES string of the molecule is CC(C)(C)c1cc(CNCCN)cc(C(C)(C)C)c1O. The van der Waals surface area contributed by atoms with Crippen molar-refractivity contribution in [2.45, 2.75) is 58.9 Å². The molecule has 0 aliphatic rings. The summed E-state index contributed by atoms with van der Waals surface area (Å²) in [5, 5.41) is 13.9. The van der Waals surface area contributed by atoms with Crippen LogP contribution in [0, 0.1) is 0 Å². The summed E-state index contributed by atoms with van der Waals surface area (Å²) in [5.41, 5.74) is 8.58. The summed E-state index contributed by atoms with van der Waals surface area (Å²) in [6.07, 6.45) is 0. The van der Waals surface area contributed by atoms with Gasteiger partial charge in [0.2, 0.25) is 0 Å². The van der Waals surface area contributed by atoms with Gasteiger partial charge in [0, 0.05) is 19.6 Å². The highest BCUT2D eigenvalue weighted by Crippen LogP contribution is 2.39. The molecule has 0 unspecified atom stereocenters. The average Bonchev–Trinajstić information content (AvgIpc) is 2.28. The first-order valence-corrected chi connectivity index (χ1v) is 7.35. The lowest BCUT2D eigenvalue weighted by atomic mass is 9.78. The molecule has 20 heavy (non-hydrogen) atoms. The third kappa shape index (κ3) is 4.22. The van der Waals surface area contributed by atoms with Crippen molar-refractivity contribution in [3.8, 4) is 5.75 Å². The molecule has 1 aromatic carbocycles. The second kappa shape index (κ2) is 6.15. The second-order valence-electron chi connectivity index (χ2n) is 7.50. The van der Waals surface area contributed by atoms with Gasteiger partial charge < -0.3 is 16.2 Å². The van der Waals surface area contributed by atoms with Gasteiger partial charge in [-0.25, -0.2) is 0 Å². The summed E-state index contributed by atoms with van der Waals surface area (Å²) in [6, 6.07) is 4.21. The summed E-state index contributed by atoms with van der Waals surface area (Å²) in [5.74, 6) is 0.438. The Hall–Kier alpha value is -1.06. The summed E-state index contributed by atoms with van der Waals surface area (Å²) >= 11 is 0. The maximum absolute atomic E-state index is 10.6. The quantitative estimate of drug-likeness (QED) is 0.742. The standard InChI is InChI=1S/C17H30N2O/c1-16(2,3)13-9-12(11-19-8-7-18)10-14(15(13)20)17(4,5)6/h9-10,19-20H,7-8,11,18H2,1-6H3. The predicted octanol–water partition coefficient (Wildman–Crippen LogP) is 3.04. The lowest BCUT2D eigenvalue weighted by molar-refractivity contribution is 0.422. The topological polar surface area (TPSA) is 58.3 Å². The molecule has 0 saturated heterocycles. The molecule has 0 aromatic heterocycles. The van der Waals surface area contributed by atoms with Crippen LogP contribution < -0.4 is 11.1 Å². The van der Waals surface area contributed by atoms with Gasteiger partial charge in [-0.15, -0.1) is 0 Å². The smallest absolute Gasteiger partial charge is 0.123 e. The van der Waals surface area contributed by atoms with E-state index < -0.39 is 0 Å². The molecule has 114 valence electrons. The minimum absolute atomic E-state index is 0.0754. The number of benzene rings is 1. The maximum atomic E-state index is 10.6. The van der Waals surface area contributed by atoms with E-state index in [0.29, 0.717) is 12.3 Å². The zero-order chi connectivity index (χ0) is 15.6. The summed E-state index contributed by atoms with van der Waals surface area (Å²) in [7, 11) is 0. The average molecular weight is 278 g/mol. The molecular formula is C17H30N2O. The van der Waals surface area contributed by atoms with E-state index in [0.717, 1.165) is 24.2 Å². The Balaban J connectivity index is 3.28. The van der Waals surface area contributed by atoms with Gasteiger partial charge in [0.05, 0.1) is 0 Å². The van der Waals surface area contributed by atoms with Crippen LogP contribution in [0.2, 0.25) is 0 Å². The Morgan fingerprint density at radius 3 is 1.80 bits per heavy atom. The first-order valence-electron chi connectivity index (χ1n) is 7.35. The molecule has 1 aromatic rings. The van der Waals surface area contributed by atoms with Gasteiger partial charge in [-0.3, -0.25) is 0 Å². The fraction of sp³-hybridized carbons (Fsp3) is 0.647. The Labute approximate surface area is 123 Å². The van der Waals surface area contributed by atoms with Crippen LogP contribution in [0.25, 0.3) is 0 Å². The van der Waals surface area contributed by atoms with Crippen molar-refractivity contribution in [3.63, 3.8) is 0 Å². The molecule has 0 heterocycles. The number of aromatic hydroxyl groups is 1. The number of hydrogen-bond acceptors (Lipinski definition) is 3. The first-order chi connectivity index (χ1) is 9.07. The zero-order valence-electron chi connectivity index (χ0n) is 13.8. The number of nitrogens with one attached hydrogen (secondary N) is 1. The second-order valence-corrected chi connectivity index (χ2v) is 7.50. The van der Waals surface area contributed by atoms with Crippen LogP contribution in [0.3, 0.4) is 0 Å². The Morgan fingerprint density at radius 1 is 1.00 bits per heavy atom. The Kier molecular flexibility index (Phi) is 5.22. The monoisotopic (exact) mass is 278 g/mol. The number of nitrogens with two attached hydrogens (primary N) is 1. The van der Waals surface area contributed by atoms with Gasteiger partial charge in [0.15, 0.2) is 0 Å². The largest absolute Gasteiger partial charge is 0.507 e. The molecule has 0 aliphatic carbocycles. The van der Waals surface area contributed by atoms with Gasteiger partial charge in [-0.2, -0.15) is 0 Å². The third-order valence-electron chi connectivity index (χ3n) is 3.44. The minimum Gasteiger partial charge on any atom is -0.507 e. The molecule has 3 heteroatoms. The normalized spacial score (nSPS) is 12.8. The van der Waals surface area contributed by atoms with Gasteiger partial charge in [0.25, 0.3) is 0 Å². The molecule has 0 amide bonds. The van der Waals surface area contributed by atoms with E-state index in [9.17, 15) is 5.11 Å². The highest BCUT2D eigenvalue weighted by molar-refractivity contribution is 5.49. The van der Waals surface area contributed by atoms with E-state index in [1.165, 1.54) is 5.56 Å². The fourth-order valence-corrected chi connectivity index (χ4v) is 2.27. The van der Waals surface area contributed by atoms with Crippen molar-refractivity contribution in [1.82, 2.24) is 5.32 Å². The molecule has 0 bridgehead atoms.